The molecule has 5 nitrogen and oxygen atoms in total. The number of aromatic nitrogens is 1. The molecule has 0 saturated heterocycles. The number of halogens is 1. The van der Waals surface area contributed by atoms with Gasteiger partial charge >= 0.3 is 0 Å². The molecule has 1 heterocycles. The lowest BCUT2D eigenvalue weighted by molar-refractivity contribution is 0.0732. The first kappa shape index (κ1) is 22.0. The number of methoxy groups -OCH3 is 1. The minimum Gasteiger partial charge on any atom is -0.385 e. The van der Waals surface area contributed by atoms with Crippen LogP contribution >= 0.6 is 24.0 Å². The molecule has 1 saturated carbocycles. The summed E-state index contributed by atoms with van der Waals surface area (Å²) in [6.45, 7) is 4.81. The second kappa shape index (κ2) is 10.3. The van der Waals surface area contributed by atoms with Crippen LogP contribution in [0.15, 0.2) is 29.4 Å². The number of hydrogen-bond acceptors (Lipinski definition) is 2. The molecule has 2 aromatic rings. The van der Waals surface area contributed by atoms with Crippen LogP contribution in [0.1, 0.15) is 36.8 Å². The molecule has 0 unspecified atom stereocenters. The third kappa shape index (κ3) is 5.60. The summed E-state index contributed by atoms with van der Waals surface area (Å²) in [5.41, 5.74) is 4.24. The molecule has 6 heteroatoms. The van der Waals surface area contributed by atoms with Crippen LogP contribution in [0.4, 0.5) is 0 Å². The molecule has 150 valence electrons. The maximum absolute atomic E-state index is 5.28. The van der Waals surface area contributed by atoms with Crippen LogP contribution in [0.3, 0.4) is 0 Å². The zero-order valence-corrected chi connectivity index (χ0v) is 19.1. The van der Waals surface area contributed by atoms with Crippen LogP contribution in [0.25, 0.3) is 10.9 Å². The number of guanidine groups is 1. The lowest BCUT2D eigenvalue weighted by Crippen LogP contribution is -2.47. The van der Waals surface area contributed by atoms with E-state index in [1.165, 1.54) is 41.3 Å². The minimum atomic E-state index is 0. The maximum atomic E-state index is 5.28. The number of benzene rings is 1. The van der Waals surface area contributed by atoms with Crippen molar-refractivity contribution in [2.24, 2.45) is 10.4 Å². The molecule has 1 aromatic carbocycles. The molecule has 0 spiro atoms. The highest BCUT2D eigenvalue weighted by Gasteiger charge is 2.36. The van der Waals surface area contributed by atoms with Gasteiger partial charge in [-0.2, -0.15) is 0 Å². The predicted molar refractivity (Wildman–Crippen MR) is 124 cm³/mol. The van der Waals surface area contributed by atoms with Crippen molar-refractivity contribution in [2.45, 2.75) is 39.0 Å². The topological polar surface area (TPSA) is 61.4 Å². The molecule has 27 heavy (non-hydrogen) atoms. The molecule has 0 aliphatic heterocycles. The SMILES string of the molecule is CN=C(NCCc1c[nH]c2cc(C)ccc12)NCC1(CCOC)CCC1.I. The predicted octanol–water partition coefficient (Wildman–Crippen LogP) is 4.01. The van der Waals surface area contributed by atoms with Crippen LogP contribution in [0, 0.1) is 12.3 Å². The van der Waals surface area contributed by atoms with E-state index in [9.17, 15) is 0 Å². The largest absolute Gasteiger partial charge is 0.385 e. The van der Waals surface area contributed by atoms with Crippen molar-refractivity contribution in [1.82, 2.24) is 15.6 Å². The Morgan fingerprint density at radius 1 is 1.30 bits per heavy atom. The molecule has 1 aliphatic carbocycles. The van der Waals surface area contributed by atoms with Gasteiger partial charge in [0, 0.05) is 51.0 Å². The number of rotatable bonds is 8. The van der Waals surface area contributed by atoms with Crippen LogP contribution in [0.5, 0.6) is 0 Å². The average Bonchev–Trinajstić information content (AvgIpc) is 3.00. The van der Waals surface area contributed by atoms with Gasteiger partial charge in [0.05, 0.1) is 0 Å². The summed E-state index contributed by atoms with van der Waals surface area (Å²) in [7, 11) is 3.62. The van der Waals surface area contributed by atoms with E-state index in [1.54, 1.807) is 7.11 Å². The van der Waals surface area contributed by atoms with Gasteiger partial charge in [0.15, 0.2) is 5.96 Å². The first-order valence-electron chi connectivity index (χ1n) is 9.66. The van der Waals surface area contributed by atoms with Crippen molar-refractivity contribution in [3.63, 3.8) is 0 Å². The van der Waals surface area contributed by atoms with Gasteiger partial charge in [-0.25, -0.2) is 0 Å². The smallest absolute Gasteiger partial charge is 0.191 e. The van der Waals surface area contributed by atoms with Crippen LogP contribution in [-0.4, -0.2) is 44.8 Å². The second-order valence-electron chi connectivity index (χ2n) is 7.56. The molecule has 1 aliphatic rings. The molecule has 1 aromatic heterocycles. The maximum Gasteiger partial charge on any atom is 0.191 e. The third-order valence-corrected chi connectivity index (χ3v) is 5.71. The van der Waals surface area contributed by atoms with Gasteiger partial charge in [0.1, 0.15) is 0 Å². The molecular weight excluding hydrogens is 451 g/mol. The fraction of sp³-hybridized carbons (Fsp3) is 0.571. The van der Waals surface area contributed by atoms with E-state index < -0.39 is 0 Å². The summed E-state index contributed by atoms with van der Waals surface area (Å²) in [4.78, 5) is 7.75. The Balaban J connectivity index is 0.00000261. The molecule has 3 rings (SSSR count). The fourth-order valence-corrected chi connectivity index (χ4v) is 3.82. The zero-order valence-electron chi connectivity index (χ0n) is 16.7. The first-order chi connectivity index (χ1) is 12.7. The van der Waals surface area contributed by atoms with Gasteiger partial charge < -0.3 is 20.4 Å². The van der Waals surface area contributed by atoms with Crippen LogP contribution < -0.4 is 10.6 Å². The van der Waals surface area contributed by atoms with Crippen molar-refractivity contribution in [1.29, 1.82) is 0 Å². The number of aryl methyl sites for hydroxylation is 1. The Bertz CT molecular complexity index is 752. The number of H-pyrrole nitrogens is 1. The minimum absolute atomic E-state index is 0. The normalized spacial score (nSPS) is 15.9. The molecule has 0 bridgehead atoms. The number of aliphatic imine (C=N–C) groups is 1. The van der Waals surface area contributed by atoms with E-state index in [0.29, 0.717) is 5.41 Å². The van der Waals surface area contributed by atoms with Crippen molar-refractivity contribution in [2.75, 3.05) is 33.9 Å². The molecule has 0 radical (unpaired) electrons. The molecule has 0 amide bonds. The summed E-state index contributed by atoms with van der Waals surface area (Å²) in [5, 5.41) is 8.29. The highest BCUT2D eigenvalue weighted by Crippen LogP contribution is 2.43. The highest BCUT2D eigenvalue weighted by molar-refractivity contribution is 14.0. The Labute approximate surface area is 179 Å². The number of fused-ring (bicyclic) bond motifs is 1. The van der Waals surface area contributed by atoms with Crippen molar-refractivity contribution in [3.05, 3.63) is 35.5 Å². The average molecular weight is 484 g/mol. The lowest BCUT2D eigenvalue weighted by atomic mass is 9.67. The molecule has 1 fully saturated rings. The Kier molecular flexibility index (Phi) is 8.41. The summed E-state index contributed by atoms with van der Waals surface area (Å²) >= 11 is 0. The Morgan fingerprint density at radius 3 is 2.78 bits per heavy atom. The quantitative estimate of drug-likeness (QED) is 0.302. The van der Waals surface area contributed by atoms with Gasteiger partial charge in [-0.3, -0.25) is 4.99 Å². The number of nitrogens with zero attached hydrogens (tertiary/aromatic N) is 1. The molecule has 3 N–H and O–H groups in total. The standard InChI is InChI=1S/C21H32N4O.HI/c1-16-5-6-18-17(14-24-19(18)13-16)7-11-23-20(22-2)25-15-21(8-4-9-21)10-12-26-3;/h5-6,13-14,24H,4,7-12,15H2,1-3H3,(H2,22,23,25);1H. The monoisotopic (exact) mass is 484 g/mol. The molecular formula is C21H33IN4O. The van der Waals surface area contributed by atoms with Crippen molar-refractivity contribution < 1.29 is 4.74 Å². The van der Waals surface area contributed by atoms with E-state index in [2.05, 4.69) is 51.9 Å². The Morgan fingerprint density at radius 2 is 2.11 bits per heavy atom. The van der Waals surface area contributed by atoms with E-state index in [-0.39, 0.29) is 24.0 Å². The Hall–Kier alpha value is -1.28. The lowest BCUT2D eigenvalue weighted by Gasteiger charge is -2.42. The van der Waals surface area contributed by atoms with Crippen LogP contribution in [0.2, 0.25) is 0 Å². The van der Waals surface area contributed by atoms with Crippen LogP contribution in [-0.2, 0) is 11.2 Å². The van der Waals surface area contributed by atoms with Crippen molar-refractivity contribution >= 4 is 40.8 Å². The summed E-state index contributed by atoms with van der Waals surface area (Å²) in [5.74, 6) is 0.893. The summed E-state index contributed by atoms with van der Waals surface area (Å²) in [6, 6.07) is 6.58. The van der Waals surface area contributed by atoms with Gasteiger partial charge in [-0.05, 0) is 55.2 Å². The number of hydrogen-bond donors (Lipinski definition) is 3. The van der Waals surface area contributed by atoms with E-state index in [0.717, 1.165) is 38.5 Å². The van der Waals surface area contributed by atoms with E-state index >= 15 is 0 Å². The number of nitrogens with one attached hydrogen (secondary N) is 3. The number of ether oxygens (including phenoxy) is 1. The fourth-order valence-electron chi connectivity index (χ4n) is 3.82. The van der Waals surface area contributed by atoms with Gasteiger partial charge in [0.2, 0.25) is 0 Å². The second-order valence-corrected chi connectivity index (χ2v) is 7.56. The van der Waals surface area contributed by atoms with E-state index in [1.807, 2.05) is 7.05 Å². The molecule has 0 atom stereocenters. The zero-order chi connectivity index (χ0) is 18.4. The summed E-state index contributed by atoms with van der Waals surface area (Å²) in [6.07, 6.45) is 8.12. The van der Waals surface area contributed by atoms with Gasteiger partial charge in [-0.15, -0.1) is 24.0 Å². The van der Waals surface area contributed by atoms with Gasteiger partial charge in [0.25, 0.3) is 0 Å². The number of aromatic amines is 1. The van der Waals surface area contributed by atoms with E-state index in [4.69, 9.17) is 4.74 Å². The third-order valence-electron chi connectivity index (χ3n) is 5.71. The highest BCUT2D eigenvalue weighted by atomic mass is 127. The van der Waals surface area contributed by atoms with Crippen molar-refractivity contribution in [3.8, 4) is 0 Å². The summed E-state index contributed by atoms with van der Waals surface area (Å²) < 4.78 is 5.28. The first-order valence-corrected chi connectivity index (χ1v) is 9.66. The van der Waals surface area contributed by atoms with Gasteiger partial charge in [-0.1, -0.05) is 18.6 Å².